The molecule has 1 heterocycles. The molecule has 19 heavy (non-hydrogen) atoms. The van der Waals surface area contributed by atoms with E-state index in [0.717, 1.165) is 5.56 Å². The van der Waals surface area contributed by atoms with Gasteiger partial charge in [0.25, 0.3) is 5.91 Å². The Morgan fingerprint density at radius 1 is 1.21 bits per heavy atom. The Labute approximate surface area is 111 Å². The standard InChI is InChI=1S/C15H15FN2O/c1-2-18(11-12-6-4-3-5-7-12)15(19)13-8-9-14(16)17-10-13/h3-10H,2,11H2,1H3. The summed E-state index contributed by atoms with van der Waals surface area (Å²) in [7, 11) is 0. The Balaban J connectivity index is 2.13. The zero-order chi connectivity index (χ0) is 13.7. The first-order valence-electron chi connectivity index (χ1n) is 6.15. The van der Waals surface area contributed by atoms with Crippen molar-refractivity contribution >= 4 is 5.91 Å². The lowest BCUT2D eigenvalue weighted by Gasteiger charge is -2.20. The van der Waals surface area contributed by atoms with Gasteiger partial charge in [-0.15, -0.1) is 0 Å². The first-order chi connectivity index (χ1) is 9.20. The summed E-state index contributed by atoms with van der Waals surface area (Å²) in [5.74, 6) is -0.721. The first kappa shape index (κ1) is 13.2. The van der Waals surface area contributed by atoms with Gasteiger partial charge in [-0.1, -0.05) is 30.3 Å². The average Bonchev–Trinajstić information content (AvgIpc) is 2.46. The summed E-state index contributed by atoms with van der Waals surface area (Å²) in [5.41, 5.74) is 1.46. The highest BCUT2D eigenvalue weighted by Crippen LogP contribution is 2.09. The molecule has 0 aliphatic rings. The van der Waals surface area contributed by atoms with Gasteiger partial charge in [0.1, 0.15) is 0 Å². The molecule has 0 unspecified atom stereocenters. The third-order valence-corrected chi connectivity index (χ3v) is 2.86. The van der Waals surface area contributed by atoms with Gasteiger partial charge in [-0.3, -0.25) is 4.79 Å². The summed E-state index contributed by atoms with van der Waals surface area (Å²) >= 11 is 0. The molecule has 0 aliphatic carbocycles. The lowest BCUT2D eigenvalue weighted by Crippen LogP contribution is -2.30. The molecular formula is C15H15FN2O. The molecule has 0 saturated heterocycles. The van der Waals surface area contributed by atoms with E-state index in [1.165, 1.54) is 18.3 Å². The van der Waals surface area contributed by atoms with Gasteiger partial charge >= 0.3 is 0 Å². The molecule has 0 fully saturated rings. The van der Waals surface area contributed by atoms with Crippen molar-refractivity contribution in [2.75, 3.05) is 6.54 Å². The van der Waals surface area contributed by atoms with E-state index in [1.807, 2.05) is 37.3 Å². The van der Waals surface area contributed by atoms with Crippen molar-refractivity contribution in [3.8, 4) is 0 Å². The molecule has 1 aromatic carbocycles. The van der Waals surface area contributed by atoms with Crippen LogP contribution in [-0.4, -0.2) is 22.3 Å². The monoisotopic (exact) mass is 258 g/mol. The summed E-state index contributed by atoms with van der Waals surface area (Å²) < 4.78 is 12.7. The van der Waals surface area contributed by atoms with Crippen molar-refractivity contribution in [1.29, 1.82) is 0 Å². The van der Waals surface area contributed by atoms with Gasteiger partial charge in [-0.25, -0.2) is 4.98 Å². The molecular weight excluding hydrogens is 243 g/mol. The number of benzene rings is 1. The van der Waals surface area contributed by atoms with E-state index in [1.54, 1.807) is 4.90 Å². The maximum atomic E-state index is 12.7. The van der Waals surface area contributed by atoms with Crippen LogP contribution in [0.1, 0.15) is 22.8 Å². The number of pyridine rings is 1. The molecule has 0 atom stereocenters. The quantitative estimate of drug-likeness (QED) is 0.790. The Morgan fingerprint density at radius 2 is 1.95 bits per heavy atom. The van der Waals surface area contributed by atoms with Crippen LogP contribution in [0.25, 0.3) is 0 Å². The number of amides is 1. The molecule has 2 rings (SSSR count). The highest BCUT2D eigenvalue weighted by Gasteiger charge is 2.14. The lowest BCUT2D eigenvalue weighted by molar-refractivity contribution is 0.0752. The van der Waals surface area contributed by atoms with Crippen molar-refractivity contribution < 1.29 is 9.18 Å². The molecule has 0 radical (unpaired) electrons. The predicted molar refractivity (Wildman–Crippen MR) is 71.1 cm³/mol. The average molecular weight is 258 g/mol. The van der Waals surface area contributed by atoms with E-state index < -0.39 is 5.95 Å². The topological polar surface area (TPSA) is 33.2 Å². The van der Waals surface area contributed by atoms with E-state index in [4.69, 9.17) is 0 Å². The maximum absolute atomic E-state index is 12.7. The van der Waals surface area contributed by atoms with Gasteiger partial charge in [-0.2, -0.15) is 4.39 Å². The summed E-state index contributed by atoms with van der Waals surface area (Å²) in [6.07, 6.45) is 1.27. The van der Waals surface area contributed by atoms with Crippen LogP contribution < -0.4 is 0 Å². The maximum Gasteiger partial charge on any atom is 0.255 e. The van der Waals surface area contributed by atoms with E-state index in [2.05, 4.69) is 4.98 Å². The number of nitrogens with zero attached hydrogens (tertiary/aromatic N) is 2. The Bertz CT molecular complexity index is 540. The summed E-state index contributed by atoms with van der Waals surface area (Å²) in [6.45, 7) is 3.04. The first-order valence-corrected chi connectivity index (χ1v) is 6.15. The number of halogens is 1. The van der Waals surface area contributed by atoms with Crippen LogP contribution in [0.2, 0.25) is 0 Å². The highest BCUT2D eigenvalue weighted by molar-refractivity contribution is 5.93. The van der Waals surface area contributed by atoms with Gasteiger partial charge in [0.2, 0.25) is 5.95 Å². The van der Waals surface area contributed by atoms with Gasteiger partial charge in [-0.05, 0) is 24.6 Å². The number of carbonyl (C=O) groups is 1. The van der Waals surface area contributed by atoms with Crippen LogP contribution in [0.4, 0.5) is 4.39 Å². The Morgan fingerprint density at radius 3 is 2.53 bits per heavy atom. The summed E-state index contributed by atoms with van der Waals surface area (Å²) in [6, 6.07) is 12.4. The fourth-order valence-corrected chi connectivity index (χ4v) is 1.82. The van der Waals surface area contributed by atoms with Crippen LogP contribution >= 0.6 is 0 Å². The van der Waals surface area contributed by atoms with Crippen molar-refractivity contribution in [2.45, 2.75) is 13.5 Å². The van der Waals surface area contributed by atoms with Crippen molar-refractivity contribution in [3.63, 3.8) is 0 Å². The van der Waals surface area contributed by atoms with E-state index in [9.17, 15) is 9.18 Å². The minimum absolute atomic E-state index is 0.140. The van der Waals surface area contributed by atoms with Crippen LogP contribution in [0.5, 0.6) is 0 Å². The zero-order valence-corrected chi connectivity index (χ0v) is 10.7. The Kier molecular flexibility index (Phi) is 4.23. The van der Waals surface area contributed by atoms with Crippen LogP contribution in [0, 0.1) is 5.95 Å². The molecule has 0 N–H and O–H groups in total. The van der Waals surface area contributed by atoms with Crippen molar-refractivity contribution in [1.82, 2.24) is 9.88 Å². The number of carbonyl (C=O) groups excluding carboxylic acids is 1. The Hall–Kier alpha value is -2.23. The molecule has 4 heteroatoms. The van der Waals surface area contributed by atoms with E-state index >= 15 is 0 Å². The molecule has 0 spiro atoms. The smallest absolute Gasteiger partial charge is 0.255 e. The zero-order valence-electron chi connectivity index (χ0n) is 10.7. The van der Waals surface area contributed by atoms with Crippen molar-refractivity contribution in [2.24, 2.45) is 0 Å². The number of hydrogen-bond donors (Lipinski definition) is 0. The largest absolute Gasteiger partial charge is 0.335 e. The summed E-state index contributed by atoms with van der Waals surface area (Å²) in [4.78, 5) is 17.5. The predicted octanol–water partition coefficient (Wildman–Crippen LogP) is 2.88. The fourth-order valence-electron chi connectivity index (χ4n) is 1.82. The van der Waals surface area contributed by atoms with Crippen LogP contribution in [0.3, 0.4) is 0 Å². The number of rotatable bonds is 4. The highest BCUT2D eigenvalue weighted by atomic mass is 19.1. The minimum Gasteiger partial charge on any atom is -0.335 e. The normalized spacial score (nSPS) is 10.2. The summed E-state index contributed by atoms with van der Waals surface area (Å²) in [5, 5.41) is 0. The molecule has 0 saturated carbocycles. The van der Waals surface area contributed by atoms with Gasteiger partial charge in [0.15, 0.2) is 0 Å². The second-order valence-electron chi connectivity index (χ2n) is 4.17. The third kappa shape index (κ3) is 3.37. The van der Waals surface area contributed by atoms with E-state index in [0.29, 0.717) is 18.7 Å². The number of hydrogen-bond acceptors (Lipinski definition) is 2. The molecule has 0 bridgehead atoms. The molecule has 1 amide bonds. The fraction of sp³-hybridized carbons (Fsp3) is 0.200. The number of aromatic nitrogens is 1. The van der Waals surface area contributed by atoms with Gasteiger partial charge < -0.3 is 4.90 Å². The molecule has 98 valence electrons. The van der Waals surface area contributed by atoms with E-state index in [-0.39, 0.29) is 5.91 Å². The van der Waals surface area contributed by atoms with Crippen LogP contribution in [0.15, 0.2) is 48.7 Å². The third-order valence-electron chi connectivity index (χ3n) is 2.86. The molecule has 0 aliphatic heterocycles. The molecule has 1 aromatic heterocycles. The van der Waals surface area contributed by atoms with Gasteiger partial charge in [0, 0.05) is 19.3 Å². The second-order valence-corrected chi connectivity index (χ2v) is 4.17. The molecule has 3 nitrogen and oxygen atoms in total. The lowest BCUT2D eigenvalue weighted by atomic mass is 10.2. The second kappa shape index (κ2) is 6.09. The van der Waals surface area contributed by atoms with Gasteiger partial charge in [0.05, 0.1) is 5.56 Å². The molecule has 2 aromatic rings. The SMILES string of the molecule is CCN(Cc1ccccc1)C(=O)c1ccc(F)nc1. The van der Waals surface area contributed by atoms with Crippen LogP contribution in [-0.2, 0) is 6.54 Å². The van der Waals surface area contributed by atoms with Crippen molar-refractivity contribution in [3.05, 3.63) is 65.7 Å². The minimum atomic E-state index is -0.581.